The number of carbonyl (C=O) groups is 1. The number of hydrogen-bond acceptors (Lipinski definition) is 5. The summed E-state index contributed by atoms with van der Waals surface area (Å²) in [5, 5.41) is 2.76. The van der Waals surface area contributed by atoms with E-state index in [-0.39, 0.29) is 10.8 Å². The van der Waals surface area contributed by atoms with Crippen molar-refractivity contribution in [3.8, 4) is 11.5 Å². The molecule has 156 valence electrons. The fraction of sp³-hybridized carbons (Fsp3) is 0.136. The van der Waals surface area contributed by atoms with Crippen molar-refractivity contribution in [2.75, 3.05) is 30.9 Å². The molecule has 7 nitrogen and oxygen atoms in total. The van der Waals surface area contributed by atoms with Crippen molar-refractivity contribution < 1.29 is 22.7 Å². The second-order valence-corrected chi connectivity index (χ2v) is 8.32. The number of benzene rings is 3. The number of hydrogen-bond donors (Lipinski definition) is 1. The summed E-state index contributed by atoms with van der Waals surface area (Å²) in [5.41, 5.74) is 1.34. The van der Waals surface area contributed by atoms with Crippen LogP contribution in [0.3, 0.4) is 0 Å². The van der Waals surface area contributed by atoms with Gasteiger partial charge in [0, 0.05) is 18.7 Å². The zero-order valence-electron chi connectivity index (χ0n) is 16.8. The molecule has 0 aliphatic heterocycles. The molecule has 0 aliphatic carbocycles. The number of sulfonamides is 1. The number of nitrogens with one attached hydrogen (secondary N) is 1. The van der Waals surface area contributed by atoms with Gasteiger partial charge in [0.15, 0.2) is 0 Å². The Balaban J connectivity index is 1.79. The van der Waals surface area contributed by atoms with Gasteiger partial charge in [0.1, 0.15) is 11.5 Å². The molecule has 1 amide bonds. The van der Waals surface area contributed by atoms with Crippen LogP contribution >= 0.6 is 0 Å². The summed E-state index contributed by atoms with van der Waals surface area (Å²) in [7, 11) is 0.776. The van der Waals surface area contributed by atoms with Gasteiger partial charge in [-0.05, 0) is 48.5 Å². The largest absolute Gasteiger partial charge is 0.497 e. The van der Waals surface area contributed by atoms with Crippen molar-refractivity contribution in [2.24, 2.45) is 0 Å². The first-order valence-corrected chi connectivity index (χ1v) is 10.5. The number of amides is 1. The smallest absolute Gasteiger partial charge is 0.264 e. The molecule has 0 unspecified atom stereocenters. The summed E-state index contributed by atoms with van der Waals surface area (Å²) < 4.78 is 37.3. The molecule has 0 bridgehead atoms. The van der Waals surface area contributed by atoms with Crippen molar-refractivity contribution in [2.45, 2.75) is 4.90 Å². The quantitative estimate of drug-likeness (QED) is 0.621. The van der Waals surface area contributed by atoms with Crippen LogP contribution < -0.4 is 19.1 Å². The average molecular weight is 426 g/mol. The Kier molecular flexibility index (Phi) is 6.27. The number of para-hydroxylation sites is 1. The van der Waals surface area contributed by atoms with Gasteiger partial charge in [0.05, 0.1) is 30.5 Å². The first kappa shape index (κ1) is 21.2. The molecule has 0 fully saturated rings. The van der Waals surface area contributed by atoms with Crippen LogP contribution in [0.15, 0.2) is 77.7 Å². The topological polar surface area (TPSA) is 84.9 Å². The van der Waals surface area contributed by atoms with Gasteiger partial charge in [0.25, 0.3) is 15.9 Å². The fourth-order valence-electron chi connectivity index (χ4n) is 2.81. The van der Waals surface area contributed by atoms with Crippen molar-refractivity contribution in [1.82, 2.24) is 0 Å². The van der Waals surface area contributed by atoms with E-state index in [9.17, 15) is 13.2 Å². The minimum absolute atomic E-state index is 0.0902. The lowest BCUT2D eigenvalue weighted by atomic mass is 10.2. The molecule has 0 heterocycles. The van der Waals surface area contributed by atoms with Gasteiger partial charge < -0.3 is 14.8 Å². The standard InChI is InChI=1S/C22H22N2O5S/c1-24(17-7-5-4-6-8-17)30(26,27)19-12-9-16(10-13-19)22(25)23-20-14-11-18(28-2)15-21(20)29-3/h4-15H,1-3H3,(H,23,25). The molecule has 0 saturated carbocycles. The zero-order chi connectivity index (χ0) is 21.7. The van der Waals surface area contributed by atoms with Crippen molar-refractivity contribution in [1.29, 1.82) is 0 Å². The monoisotopic (exact) mass is 426 g/mol. The molecular formula is C22H22N2O5S. The van der Waals surface area contributed by atoms with E-state index in [4.69, 9.17) is 9.47 Å². The highest BCUT2D eigenvalue weighted by molar-refractivity contribution is 7.92. The number of nitrogens with zero attached hydrogens (tertiary/aromatic N) is 1. The van der Waals surface area contributed by atoms with Gasteiger partial charge in [-0.15, -0.1) is 0 Å². The molecule has 0 aromatic heterocycles. The minimum Gasteiger partial charge on any atom is -0.497 e. The molecule has 3 rings (SSSR count). The van der Waals surface area contributed by atoms with E-state index in [1.54, 1.807) is 42.5 Å². The Morgan fingerprint density at radius 2 is 1.57 bits per heavy atom. The SMILES string of the molecule is COc1ccc(NC(=O)c2ccc(S(=O)(=O)N(C)c3ccccc3)cc2)c(OC)c1. The number of methoxy groups -OCH3 is 2. The zero-order valence-corrected chi connectivity index (χ0v) is 17.6. The van der Waals surface area contributed by atoms with Crippen LogP contribution in [0.25, 0.3) is 0 Å². The number of rotatable bonds is 7. The van der Waals surface area contributed by atoms with Gasteiger partial charge in [-0.2, -0.15) is 0 Å². The second-order valence-electron chi connectivity index (χ2n) is 6.35. The lowest BCUT2D eigenvalue weighted by Gasteiger charge is -2.19. The summed E-state index contributed by atoms with van der Waals surface area (Å²) in [6.45, 7) is 0. The van der Waals surface area contributed by atoms with Crippen LogP contribution in [0.1, 0.15) is 10.4 Å². The van der Waals surface area contributed by atoms with Crippen LogP contribution in [0, 0.1) is 0 Å². The number of anilines is 2. The van der Waals surface area contributed by atoms with E-state index in [2.05, 4.69) is 5.32 Å². The molecule has 3 aromatic rings. The third kappa shape index (κ3) is 4.38. The van der Waals surface area contributed by atoms with Gasteiger partial charge in [0.2, 0.25) is 0 Å². The third-order valence-electron chi connectivity index (χ3n) is 4.55. The molecule has 1 N–H and O–H groups in total. The normalized spacial score (nSPS) is 10.9. The molecule has 0 spiro atoms. The van der Waals surface area contributed by atoms with Gasteiger partial charge in [-0.3, -0.25) is 9.10 Å². The Labute approximate surface area is 175 Å². The maximum Gasteiger partial charge on any atom is 0.264 e. The molecule has 8 heteroatoms. The molecule has 0 radical (unpaired) electrons. The van der Waals surface area contributed by atoms with Crippen molar-refractivity contribution in [3.05, 3.63) is 78.4 Å². The first-order chi connectivity index (χ1) is 14.4. The number of carbonyl (C=O) groups excluding carboxylic acids is 1. The lowest BCUT2D eigenvalue weighted by Crippen LogP contribution is -2.26. The van der Waals surface area contributed by atoms with E-state index >= 15 is 0 Å². The van der Waals surface area contributed by atoms with Gasteiger partial charge in [-0.1, -0.05) is 18.2 Å². The Bertz CT molecular complexity index is 1130. The van der Waals surface area contributed by atoms with E-state index in [0.29, 0.717) is 28.4 Å². The van der Waals surface area contributed by atoms with Crippen molar-refractivity contribution in [3.63, 3.8) is 0 Å². The maximum absolute atomic E-state index is 12.8. The Morgan fingerprint density at radius 1 is 0.900 bits per heavy atom. The summed E-state index contributed by atoms with van der Waals surface area (Å²) >= 11 is 0. The molecule has 3 aromatic carbocycles. The van der Waals surface area contributed by atoms with Gasteiger partial charge in [-0.25, -0.2) is 8.42 Å². The van der Waals surface area contributed by atoms with Gasteiger partial charge >= 0.3 is 0 Å². The van der Waals surface area contributed by atoms with E-state index < -0.39 is 10.0 Å². The van der Waals surface area contributed by atoms with Crippen LogP contribution in [0.2, 0.25) is 0 Å². The van der Waals surface area contributed by atoms with Crippen LogP contribution in [0.5, 0.6) is 11.5 Å². The van der Waals surface area contributed by atoms with Crippen molar-refractivity contribution >= 4 is 27.3 Å². The predicted octanol–water partition coefficient (Wildman–Crippen LogP) is 3.78. The highest BCUT2D eigenvalue weighted by atomic mass is 32.2. The predicted molar refractivity (Wildman–Crippen MR) is 116 cm³/mol. The minimum atomic E-state index is -3.74. The van der Waals surface area contributed by atoms with Crippen LogP contribution in [-0.2, 0) is 10.0 Å². The highest BCUT2D eigenvalue weighted by Crippen LogP contribution is 2.29. The summed E-state index contributed by atoms with van der Waals surface area (Å²) in [6.07, 6.45) is 0. The average Bonchev–Trinajstić information content (AvgIpc) is 2.79. The number of ether oxygens (including phenoxy) is 2. The lowest BCUT2D eigenvalue weighted by molar-refractivity contribution is 0.102. The van der Waals surface area contributed by atoms with Crippen LogP contribution in [0.4, 0.5) is 11.4 Å². The Hall–Kier alpha value is -3.52. The third-order valence-corrected chi connectivity index (χ3v) is 6.35. The maximum atomic E-state index is 12.8. The molecule has 0 atom stereocenters. The second kappa shape index (κ2) is 8.87. The van der Waals surface area contributed by atoms with E-state index in [1.165, 1.54) is 49.8 Å². The van der Waals surface area contributed by atoms with Crippen LogP contribution in [-0.4, -0.2) is 35.6 Å². The van der Waals surface area contributed by atoms with E-state index in [0.717, 1.165) is 0 Å². The fourth-order valence-corrected chi connectivity index (χ4v) is 4.00. The first-order valence-electron chi connectivity index (χ1n) is 9.04. The molecule has 0 saturated heterocycles. The highest BCUT2D eigenvalue weighted by Gasteiger charge is 2.21. The summed E-state index contributed by atoms with van der Waals surface area (Å²) in [6, 6.07) is 19.6. The molecule has 30 heavy (non-hydrogen) atoms. The Morgan fingerprint density at radius 3 is 2.17 bits per heavy atom. The van der Waals surface area contributed by atoms with E-state index in [1.807, 2.05) is 6.07 Å². The summed E-state index contributed by atoms with van der Waals surface area (Å²) in [4.78, 5) is 12.7. The molecule has 0 aliphatic rings. The summed E-state index contributed by atoms with van der Waals surface area (Å²) in [5.74, 6) is 0.659. The molecular weight excluding hydrogens is 404 g/mol.